The lowest BCUT2D eigenvalue weighted by molar-refractivity contribution is 0.580. The van der Waals surface area contributed by atoms with Crippen LogP contribution >= 0.6 is 39.1 Å². The van der Waals surface area contributed by atoms with Crippen LogP contribution in [-0.4, -0.2) is 29.7 Å². The molecule has 2 rings (SSSR count). The van der Waals surface area contributed by atoms with E-state index in [2.05, 4.69) is 30.7 Å². The maximum atomic E-state index is 12.2. The minimum Gasteiger partial charge on any atom is -0.256 e. The number of aryl methyl sites for hydroxylation is 1. The maximum Gasteiger partial charge on any atom is 0.243 e. The van der Waals surface area contributed by atoms with Gasteiger partial charge in [-0.25, -0.2) is 18.1 Å². The summed E-state index contributed by atoms with van der Waals surface area (Å²) in [7, 11) is -2.06. The van der Waals surface area contributed by atoms with Gasteiger partial charge < -0.3 is 0 Å². The summed E-state index contributed by atoms with van der Waals surface area (Å²) in [6.07, 6.45) is 1.91. The lowest BCUT2D eigenvalue weighted by Gasteiger charge is -2.10. The first-order valence-corrected chi connectivity index (χ1v) is 8.81. The molecule has 0 saturated heterocycles. The number of benzene rings is 1. The minimum absolute atomic E-state index is 0.0536. The van der Waals surface area contributed by atoms with Gasteiger partial charge in [-0.2, -0.15) is 5.10 Å². The number of nitrogens with zero attached hydrogens (tertiary/aromatic N) is 3. The van der Waals surface area contributed by atoms with Crippen LogP contribution in [0.4, 0.5) is 0 Å². The van der Waals surface area contributed by atoms with Crippen LogP contribution in [0.25, 0.3) is 0 Å². The molecule has 2 aromatic rings. The normalized spacial score (nSPS) is 11.8. The van der Waals surface area contributed by atoms with Gasteiger partial charge in [-0.15, -0.1) is 0 Å². The number of halogens is 3. The van der Waals surface area contributed by atoms with E-state index < -0.39 is 10.0 Å². The van der Waals surface area contributed by atoms with Crippen LogP contribution < -0.4 is 4.72 Å². The lowest BCUT2D eigenvalue weighted by Crippen LogP contribution is -2.26. The second kappa shape index (κ2) is 6.62. The van der Waals surface area contributed by atoms with Crippen LogP contribution in [0.2, 0.25) is 10.0 Å². The van der Waals surface area contributed by atoms with Crippen molar-refractivity contribution >= 4 is 49.2 Å². The summed E-state index contributed by atoms with van der Waals surface area (Å²) in [5, 5.41) is 4.17. The Bertz CT molecular complexity index is 740. The number of sulfonamides is 1. The Morgan fingerprint density at radius 2 is 1.95 bits per heavy atom. The van der Waals surface area contributed by atoms with Crippen molar-refractivity contribution in [2.45, 2.75) is 11.3 Å². The van der Waals surface area contributed by atoms with E-state index >= 15 is 0 Å². The Morgan fingerprint density at radius 1 is 1.33 bits per heavy atom. The van der Waals surface area contributed by atoms with Crippen molar-refractivity contribution in [1.29, 1.82) is 0 Å². The van der Waals surface area contributed by atoms with Gasteiger partial charge in [0.05, 0.1) is 10.0 Å². The van der Waals surface area contributed by atoms with Crippen LogP contribution in [0.15, 0.2) is 27.8 Å². The van der Waals surface area contributed by atoms with Crippen molar-refractivity contribution in [1.82, 2.24) is 19.5 Å². The predicted octanol–water partition coefficient (Wildman–Crippen LogP) is 2.41. The number of rotatable bonds is 5. The van der Waals surface area contributed by atoms with Crippen molar-refractivity contribution < 1.29 is 8.42 Å². The van der Waals surface area contributed by atoms with E-state index in [9.17, 15) is 8.42 Å². The summed E-state index contributed by atoms with van der Waals surface area (Å²) in [6.45, 7) is 0.148. The molecule has 6 nitrogen and oxygen atoms in total. The van der Waals surface area contributed by atoms with Gasteiger partial charge in [0.1, 0.15) is 11.2 Å². The van der Waals surface area contributed by atoms with Crippen LogP contribution in [0, 0.1) is 0 Å². The van der Waals surface area contributed by atoms with Gasteiger partial charge in [0, 0.05) is 24.5 Å². The standard InChI is InChI=1S/C11H11BrCl2N4O2S/c1-18-6-15-10(17-18)2-3-16-21(19,20)11-8(13)4-7(12)5-9(11)14/h4-6,16H,2-3H2,1H3. The summed E-state index contributed by atoms with van der Waals surface area (Å²) < 4.78 is 29.1. The number of nitrogens with one attached hydrogen (secondary N) is 1. The van der Waals surface area contributed by atoms with Gasteiger partial charge in [-0.05, 0) is 12.1 Å². The SMILES string of the molecule is Cn1cnc(CCNS(=O)(=O)c2c(Cl)cc(Br)cc2Cl)n1. The molecule has 0 unspecified atom stereocenters. The van der Waals surface area contributed by atoms with Crippen LogP contribution in [0.1, 0.15) is 5.82 Å². The summed E-state index contributed by atoms with van der Waals surface area (Å²) in [5.41, 5.74) is 0. The first kappa shape index (κ1) is 16.7. The molecular formula is C11H11BrCl2N4O2S. The Hall–Kier alpha value is -0.670. The van der Waals surface area contributed by atoms with E-state index in [4.69, 9.17) is 23.2 Å². The fourth-order valence-electron chi connectivity index (χ4n) is 1.65. The zero-order valence-electron chi connectivity index (χ0n) is 10.8. The molecule has 1 aromatic heterocycles. The van der Waals surface area contributed by atoms with E-state index in [0.717, 1.165) is 0 Å². The van der Waals surface area contributed by atoms with E-state index in [-0.39, 0.29) is 21.5 Å². The lowest BCUT2D eigenvalue weighted by atomic mass is 10.4. The molecule has 0 bridgehead atoms. The van der Waals surface area contributed by atoms with Crippen molar-refractivity contribution in [2.75, 3.05) is 6.54 Å². The molecule has 0 aliphatic carbocycles. The van der Waals surface area contributed by atoms with E-state index in [1.807, 2.05) is 0 Å². The molecule has 0 aliphatic rings. The van der Waals surface area contributed by atoms with Gasteiger partial charge in [0.2, 0.25) is 10.0 Å². The third kappa shape index (κ3) is 4.17. The van der Waals surface area contributed by atoms with Crippen molar-refractivity contribution in [3.63, 3.8) is 0 Å². The third-order valence-corrected chi connectivity index (χ3v) is 5.36. The monoisotopic (exact) mass is 412 g/mol. The molecule has 1 aromatic carbocycles. The summed E-state index contributed by atoms with van der Waals surface area (Å²) in [6, 6.07) is 2.95. The van der Waals surface area contributed by atoms with Crippen LogP contribution in [0.5, 0.6) is 0 Å². The van der Waals surface area contributed by atoms with Crippen LogP contribution in [-0.2, 0) is 23.5 Å². The zero-order valence-corrected chi connectivity index (χ0v) is 14.8. The molecule has 0 aliphatic heterocycles. The molecule has 114 valence electrons. The molecule has 1 heterocycles. The second-order valence-corrected chi connectivity index (χ2v) is 7.61. The van der Waals surface area contributed by atoms with Gasteiger partial charge in [-0.3, -0.25) is 4.68 Å². The highest BCUT2D eigenvalue weighted by molar-refractivity contribution is 9.10. The first-order chi connectivity index (χ1) is 9.79. The zero-order chi connectivity index (χ0) is 15.6. The second-order valence-electron chi connectivity index (χ2n) is 4.18. The molecule has 0 radical (unpaired) electrons. The minimum atomic E-state index is -3.80. The average Bonchev–Trinajstić information content (AvgIpc) is 2.72. The number of aromatic nitrogens is 3. The molecule has 0 fully saturated rings. The summed E-state index contributed by atoms with van der Waals surface area (Å²) in [4.78, 5) is 3.88. The Kier molecular flexibility index (Phi) is 5.26. The van der Waals surface area contributed by atoms with Gasteiger partial charge >= 0.3 is 0 Å². The highest BCUT2D eigenvalue weighted by atomic mass is 79.9. The fraction of sp³-hybridized carbons (Fsp3) is 0.273. The smallest absolute Gasteiger partial charge is 0.243 e. The Labute approximate surface area is 140 Å². The molecule has 0 amide bonds. The number of hydrogen-bond acceptors (Lipinski definition) is 4. The quantitative estimate of drug-likeness (QED) is 0.816. The van der Waals surface area contributed by atoms with Crippen LogP contribution in [0.3, 0.4) is 0 Å². The fourth-order valence-corrected chi connectivity index (χ4v) is 4.62. The Morgan fingerprint density at radius 3 is 2.48 bits per heavy atom. The van der Waals surface area contributed by atoms with Gasteiger partial charge in [0.25, 0.3) is 0 Å². The topological polar surface area (TPSA) is 76.9 Å². The van der Waals surface area contributed by atoms with Crippen molar-refractivity contribution in [3.05, 3.63) is 38.8 Å². The highest BCUT2D eigenvalue weighted by Gasteiger charge is 2.22. The van der Waals surface area contributed by atoms with Crippen molar-refractivity contribution in [3.8, 4) is 0 Å². The number of hydrogen-bond donors (Lipinski definition) is 1. The van der Waals surface area contributed by atoms with E-state index in [1.54, 1.807) is 18.1 Å². The molecular weight excluding hydrogens is 403 g/mol. The molecule has 0 spiro atoms. The van der Waals surface area contributed by atoms with E-state index in [0.29, 0.717) is 16.7 Å². The summed E-state index contributed by atoms with van der Waals surface area (Å²) in [5.74, 6) is 0.549. The highest BCUT2D eigenvalue weighted by Crippen LogP contribution is 2.32. The predicted molar refractivity (Wildman–Crippen MR) is 84.1 cm³/mol. The molecule has 1 N–H and O–H groups in total. The largest absolute Gasteiger partial charge is 0.256 e. The first-order valence-electron chi connectivity index (χ1n) is 5.78. The molecule has 21 heavy (non-hydrogen) atoms. The Balaban J connectivity index is 2.12. The molecule has 10 heteroatoms. The average molecular weight is 414 g/mol. The van der Waals surface area contributed by atoms with Crippen molar-refractivity contribution in [2.24, 2.45) is 7.05 Å². The molecule has 0 atom stereocenters. The molecule has 0 saturated carbocycles. The third-order valence-electron chi connectivity index (χ3n) is 2.52. The van der Waals surface area contributed by atoms with Gasteiger partial charge in [0.15, 0.2) is 5.82 Å². The summed E-state index contributed by atoms with van der Waals surface area (Å²) >= 11 is 15.1. The van der Waals surface area contributed by atoms with E-state index in [1.165, 1.54) is 12.1 Å². The van der Waals surface area contributed by atoms with Gasteiger partial charge in [-0.1, -0.05) is 39.1 Å². The maximum absolute atomic E-state index is 12.2.